The molecule has 7 heteroatoms. The highest BCUT2D eigenvalue weighted by Gasteiger charge is 2.09. The number of nitrogens with one attached hydrogen (secondary N) is 2. The number of carbonyl (C=O) groups is 2. The van der Waals surface area contributed by atoms with Crippen molar-refractivity contribution in [3.05, 3.63) is 65.2 Å². The van der Waals surface area contributed by atoms with Crippen LogP contribution in [0.5, 0.6) is 0 Å². The molecule has 2 aromatic rings. The van der Waals surface area contributed by atoms with E-state index in [9.17, 15) is 18.4 Å². The Morgan fingerprint density at radius 1 is 1.00 bits per heavy atom. The molecule has 25 heavy (non-hydrogen) atoms. The minimum Gasteiger partial charge on any atom is -0.396 e. The summed E-state index contributed by atoms with van der Waals surface area (Å²) < 4.78 is 26.0. The van der Waals surface area contributed by atoms with Crippen molar-refractivity contribution in [1.29, 1.82) is 0 Å². The number of anilines is 1. The summed E-state index contributed by atoms with van der Waals surface area (Å²) in [5.74, 6) is -2.61. The van der Waals surface area contributed by atoms with Gasteiger partial charge in [0.1, 0.15) is 0 Å². The molecule has 2 amide bonds. The average molecular weight is 348 g/mol. The highest BCUT2D eigenvalue weighted by Crippen LogP contribution is 2.12. The Hall–Kier alpha value is -2.80. The van der Waals surface area contributed by atoms with Crippen LogP contribution in [0.15, 0.2) is 42.5 Å². The minimum atomic E-state index is -0.998. The first-order valence-electron chi connectivity index (χ1n) is 7.72. The number of amides is 2. The molecule has 0 saturated carbocycles. The third-order valence-electron chi connectivity index (χ3n) is 3.40. The van der Waals surface area contributed by atoms with Crippen LogP contribution in [0, 0.1) is 11.6 Å². The Morgan fingerprint density at radius 2 is 1.72 bits per heavy atom. The van der Waals surface area contributed by atoms with Crippen LogP contribution in [-0.4, -0.2) is 30.1 Å². The van der Waals surface area contributed by atoms with Crippen LogP contribution in [0.25, 0.3) is 0 Å². The van der Waals surface area contributed by atoms with Gasteiger partial charge >= 0.3 is 0 Å². The van der Waals surface area contributed by atoms with Crippen LogP contribution in [0.1, 0.15) is 22.3 Å². The molecule has 0 radical (unpaired) electrons. The molecular formula is C18H18F2N2O3. The molecular weight excluding hydrogens is 330 g/mol. The first-order chi connectivity index (χ1) is 12.0. The van der Waals surface area contributed by atoms with Gasteiger partial charge in [0.05, 0.1) is 6.42 Å². The van der Waals surface area contributed by atoms with E-state index in [4.69, 9.17) is 5.11 Å². The maximum absolute atomic E-state index is 13.1. The zero-order valence-electron chi connectivity index (χ0n) is 13.4. The molecule has 0 aliphatic carbocycles. The largest absolute Gasteiger partial charge is 0.396 e. The van der Waals surface area contributed by atoms with E-state index in [1.165, 1.54) is 6.07 Å². The minimum absolute atomic E-state index is 0.00318. The van der Waals surface area contributed by atoms with Crippen molar-refractivity contribution in [3.63, 3.8) is 0 Å². The lowest BCUT2D eigenvalue weighted by atomic mass is 10.1. The van der Waals surface area contributed by atoms with E-state index in [0.29, 0.717) is 29.8 Å². The summed E-state index contributed by atoms with van der Waals surface area (Å²) in [5, 5.41) is 13.9. The van der Waals surface area contributed by atoms with Crippen molar-refractivity contribution >= 4 is 17.5 Å². The second-order valence-electron chi connectivity index (χ2n) is 5.38. The highest BCUT2D eigenvalue weighted by atomic mass is 19.2. The van der Waals surface area contributed by atoms with Crippen molar-refractivity contribution < 1.29 is 23.5 Å². The first kappa shape index (κ1) is 18.5. The number of aliphatic hydroxyl groups excluding tert-OH is 1. The van der Waals surface area contributed by atoms with Crippen LogP contribution in [-0.2, 0) is 11.2 Å². The summed E-state index contributed by atoms with van der Waals surface area (Å²) in [7, 11) is 0. The van der Waals surface area contributed by atoms with Crippen LogP contribution >= 0.6 is 0 Å². The number of benzene rings is 2. The van der Waals surface area contributed by atoms with Gasteiger partial charge in [0.15, 0.2) is 11.6 Å². The molecule has 0 aliphatic rings. The van der Waals surface area contributed by atoms with Gasteiger partial charge in [-0.1, -0.05) is 6.07 Å². The quantitative estimate of drug-likeness (QED) is 0.672. The predicted molar refractivity (Wildman–Crippen MR) is 89.2 cm³/mol. The summed E-state index contributed by atoms with van der Waals surface area (Å²) >= 11 is 0. The van der Waals surface area contributed by atoms with Gasteiger partial charge in [-0.25, -0.2) is 8.78 Å². The molecule has 0 fully saturated rings. The molecule has 0 aliphatic heterocycles. The van der Waals surface area contributed by atoms with E-state index < -0.39 is 11.6 Å². The molecule has 0 aromatic heterocycles. The van der Waals surface area contributed by atoms with Crippen molar-refractivity contribution in [2.45, 2.75) is 12.8 Å². The SMILES string of the molecule is O=C(Cc1ccc(F)c(F)c1)Nc1ccc(C(=O)NCCCO)cc1. The molecule has 0 saturated heterocycles. The highest BCUT2D eigenvalue weighted by molar-refractivity contribution is 5.96. The second kappa shape index (κ2) is 8.89. The van der Waals surface area contributed by atoms with Gasteiger partial charge in [0.25, 0.3) is 5.91 Å². The van der Waals surface area contributed by atoms with Gasteiger partial charge in [-0.3, -0.25) is 9.59 Å². The second-order valence-corrected chi connectivity index (χ2v) is 5.38. The lowest BCUT2D eigenvalue weighted by molar-refractivity contribution is -0.115. The van der Waals surface area contributed by atoms with Gasteiger partial charge in [-0.2, -0.15) is 0 Å². The van der Waals surface area contributed by atoms with Crippen LogP contribution in [0.2, 0.25) is 0 Å². The fourth-order valence-electron chi connectivity index (χ4n) is 2.13. The summed E-state index contributed by atoms with van der Waals surface area (Å²) in [6, 6.07) is 9.56. The number of aliphatic hydroxyl groups is 1. The fraction of sp³-hybridized carbons (Fsp3) is 0.222. The Morgan fingerprint density at radius 3 is 2.36 bits per heavy atom. The Labute approximate surface area is 143 Å². The topological polar surface area (TPSA) is 78.4 Å². The van der Waals surface area contributed by atoms with Crippen LogP contribution < -0.4 is 10.6 Å². The number of rotatable bonds is 7. The molecule has 2 aromatic carbocycles. The summed E-state index contributed by atoms with van der Waals surface area (Å²) in [6.45, 7) is 0.380. The van der Waals surface area contributed by atoms with Crippen molar-refractivity contribution in [1.82, 2.24) is 5.32 Å². The van der Waals surface area contributed by atoms with E-state index in [1.54, 1.807) is 24.3 Å². The third-order valence-corrected chi connectivity index (χ3v) is 3.40. The molecule has 5 nitrogen and oxygen atoms in total. The van der Waals surface area contributed by atoms with Gasteiger partial charge < -0.3 is 15.7 Å². The van der Waals surface area contributed by atoms with Crippen LogP contribution in [0.3, 0.4) is 0 Å². The summed E-state index contributed by atoms with van der Waals surface area (Å²) in [6.07, 6.45) is 0.379. The van der Waals surface area contributed by atoms with E-state index in [2.05, 4.69) is 10.6 Å². The lowest BCUT2D eigenvalue weighted by Gasteiger charge is -2.08. The fourth-order valence-corrected chi connectivity index (χ4v) is 2.13. The molecule has 3 N–H and O–H groups in total. The average Bonchev–Trinajstić information content (AvgIpc) is 2.59. The number of carbonyl (C=O) groups excluding carboxylic acids is 2. The Bertz CT molecular complexity index is 748. The Kier molecular flexibility index (Phi) is 6.59. The Balaban J connectivity index is 1.90. The third kappa shape index (κ3) is 5.65. The van der Waals surface area contributed by atoms with E-state index in [-0.39, 0.29) is 24.8 Å². The van der Waals surface area contributed by atoms with Gasteiger partial charge in [-0.05, 0) is 48.4 Å². The van der Waals surface area contributed by atoms with Crippen molar-refractivity contribution in [2.75, 3.05) is 18.5 Å². The van der Waals surface area contributed by atoms with Crippen molar-refractivity contribution in [2.24, 2.45) is 0 Å². The zero-order valence-corrected chi connectivity index (χ0v) is 13.4. The normalized spacial score (nSPS) is 10.4. The maximum atomic E-state index is 13.1. The maximum Gasteiger partial charge on any atom is 0.251 e. The van der Waals surface area contributed by atoms with E-state index >= 15 is 0 Å². The van der Waals surface area contributed by atoms with Crippen molar-refractivity contribution in [3.8, 4) is 0 Å². The van der Waals surface area contributed by atoms with E-state index in [0.717, 1.165) is 12.1 Å². The first-order valence-corrected chi connectivity index (χ1v) is 7.72. The van der Waals surface area contributed by atoms with E-state index in [1.807, 2.05) is 0 Å². The predicted octanol–water partition coefficient (Wildman–Crippen LogP) is 2.26. The molecule has 132 valence electrons. The standard InChI is InChI=1S/C18H18F2N2O3/c19-15-7-2-12(10-16(15)20)11-17(24)22-14-5-3-13(4-6-14)18(25)21-8-1-9-23/h2-7,10,23H,1,8-9,11H2,(H,21,25)(H,22,24). The molecule has 0 atom stereocenters. The van der Waals surface area contributed by atoms with Gasteiger partial charge in [0, 0.05) is 24.4 Å². The molecule has 2 rings (SSSR count). The zero-order chi connectivity index (χ0) is 18.2. The monoisotopic (exact) mass is 348 g/mol. The summed E-state index contributed by atoms with van der Waals surface area (Å²) in [4.78, 5) is 23.7. The smallest absolute Gasteiger partial charge is 0.251 e. The van der Waals surface area contributed by atoms with Gasteiger partial charge in [-0.15, -0.1) is 0 Å². The molecule has 0 unspecified atom stereocenters. The number of hydrogen-bond acceptors (Lipinski definition) is 3. The van der Waals surface area contributed by atoms with Gasteiger partial charge in [0.2, 0.25) is 5.91 Å². The lowest BCUT2D eigenvalue weighted by Crippen LogP contribution is -2.25. The summed E-state index contributed by atoms with van der Waals surface area (Å²) in [5.41, 5.74) is 1.27. The molecule has 0 spiro atoms. The van der Waals surface area contributed by atoms with Crippen LogP contribution in [0.4, 0.5) is 14.5 Å². The molecule has 0 heterocycles. The number of hydrogen-bond donors (Lipinski definition) is 3. The number of halogens is 2. The molecule has 0 bridgehead atoms.